The van der Waals surface area contributed by atoms with Crippen molar-refractivity contribution < 1.29 is 9.90 Å². The molecule has 0 spiro atoms. The number of aliphatic hydroxyl groups excluding tert-OH is 1. The number of nitrogens with one attached hydrogen (secondary N) is 1. The molecule has 1 aliphatic rings. The largest absolute Gasteiger partial charge is 0.392 e. The molecule has 0 aromatic heterocycles. The maximum Gasteiger partial charge on any atom is 0.225 e. The molecule has 0 saturated heterocycles. The second-order valence-electron chi connectivity index (χ2n) is 6.00. The van der Waals surface area contributed by atoms with Gasteiger partial charge in [0.15, 0.2) is 0 Å². The van der Waals surface area contributed by atoms with E-state index in [-0.39, 0.29) is 17.9 Å². The summed E-state index contributed by atoms with van der Waals surface area (Å²) < 4.78 is 0. The zero-order chi connectivity index (χ0) is 15.9. The van der Waals surface area contributed by atoms with Crippen molar-refractivity contribution in [3.63, 3.8) is 0 Å². The van der Waals surface area contributed by atoms with Gasteiger partial charge in [-0.2, -0.15) is 0 Å². The van der Waals surface area contributed by atoms with E-state index in [1.807, 2.05) is 18.2 Å². The number of amides is 1. The van der Waals surface area contributed by atoms with Gasteiger partial charge in [0, 0.05) is 6.54 Å². The van der Waals surface area contributed by atoms with Crippen LogP contribution in [0.25, 0.3) is 0 Å². The molecular formula is C18H28N2O2. The van der Waals surface area contributed by atoms with E-state index in [2.05, 4.69) is 36.2 Å². The minimum atomic E-state index is -0.469. The summed E-state index contributed by atoms with van der Waals surface area (Å²) in [6.45, 7) is 6.76. The molecule has 2 N–H and O–H groups in total. The van der Waals surface area contributed by atoms with Crippen LogP contribution in [0.5, 0.6) is 0 Å². The average molecular weight is 304 g/mol. The number of carbonyl (C=O) groups is 1. The number of carbonyl (C=O) groups excluding carboxylic acids is 1. The molecule has 3 atom stereocenters. The molecule has 1 aliphatic carbocycles. The molecule has 4 heteroatoms. The fraction of sp³-hybridized carbons (Fsp3) is 0.611. The predicted molar refractivity (Wildman–Crippen MR) is 88.5 cm³/mol. The van der Waals surface area contributed by atoms with E-state index < -0.39 is 6.10 Å². The van der Waals surface area contributed by atoms with Gasteiger partial charge in [0.25, 0.3) is 0 Å². The van der Waals surface area contributed by atoms with E-state index in [1.165, 1.54) is 5.56 Å². The first-order chi connectivity index (χ1) is 10.7. The Balaban J connectivity index is 2.02. The fourth-order valence-corrected chi connectivity index (χ4v) is 3.37. The molecule has 22 heavy (non-hydrogen) atoms. The van der Waals surface area contributed by atoms with Crippen molar-refractivity contribution in [2.45, 2.75) is 45.3 Å². The Morgan fingerprint density at radius 3 is 2.50 bits per heavy atom. The van der Waals surface area contributed by atoms with Gasteiger partial charge in [0.2, 0.25) is 5.91 Å². The van der Waals surface area contributed by atoms with Gasteiger partial charge in [-0.25, -0.2) is 0 Å². The van der Waals surface area contributed by atoms with Crippen LogP contribution in [0.15, 0.2) is 30.3 Å². The van der Waals surface area contributed by atoms with Crippen molar-refractivity contribution in [1.29, 1.82) is 0 Å². The van der Waals surface area contributed by atoms with Crippen LogP contribution in [0.2, 0.25) is 0 Å². The first-order valence-corrected chi connectivity index (χ1v) is 8.42. The van der Waals surface area contributed by atoms with Crippen LogP contribution in [0.4, 0.5) is 0 Å². The van der Waals surface area contributed by atoms with Crippen molar-refractivity contribution >= 4 is 5.91 Å². The van der Waals surface area contributed by atoms with Gasteiger partial charge in [-0.1, -0.05) is 44.2 Å². The van der Waals surface area contributed by atoms with E-state index >= 15 is 0 Å². The third-order valence-electron chi connectivity index (χ3n) is 4.72. The average Bonchev–Trinajstić information content (AvgIpc) is 2.98. The number of hydrogen-bond acceptors (Lipinski definition) is 3. The summed E-state index contributed by atoms with van der Waals surface area (Å²) in [4.78, 5) is 14.6. The summed E-state index contributed by atoms with van der Waals surface area (Å²) >= 11 is 0. The quantitative estimate of drug-likeness (QED) is 0.813. The van der Waals surface area contributed by atoms with Crippen LogP contribution in [-0.2, 0) is 4.79 Å². The number of nitrogens with zero attached hydrogens (tertiary/aromatic N) is 1. The van der Waals surface area contributed by atoms with Crippen LogP contribution in [-0.4, -0.2) is 41.7 Å². The first-order valence-electron chi connectivity index (χ1n) is 8.42. The second-order valence-corrected chi connectivity index (χ2v) is 6.00. The normalized spacial score (nSPS) is 22.7. The van der Waals surface area contributed by atoms with Gasteiger partial charge < -0.3 is 10.4 Å². The molecule has 122 valence electrons. The third kappa shape index (κ3) is 4.08. The summed E-state index contributed by atoms with van der Waals surface area (Å²) in [7, 11) is 0. The van der Waals surface area contributed by atoms with Crippen molar-refractivity contribution in [2.24, 2.45) is 5.92 Å². The summed E-state index contributed by atoms with van der Waals surface area (Å²) in [6.07, 6.45) is 2.02. The van der Waals surface area contributed by atoms with Crippen LogP contribution in [0.3, 0.4) is 0 Å². The molecule has 3 unspecified atom stereocenters. The lowest BCUT2D eigenvalue weighted by Gasteiger charge is -2.30. The molecule has 1 fully saturated rings. The summed E-state index contributed by atoms with van der Waals surface area (Å²) in [5.41, 5.74) is 1.22. The van der Waals surface area contributed by atoms with Gasteiger partial charge in [0.05, 0.1) is 18.1 Å². The molecule has 1 saturated carbocycles. The monoisotopic (exact) mass is 304 g/mol. The summed E-state index contributed by atoms with van der Waals surface area (Å²) in [5.74, 6) is -0.230. The number of rotatable bonds is 7. The highest BCUT2D eigenvalue weighted by Crippen LogP contribution is 2.26. The standard InChI is InChI=1S/C18H28N2O2/c1-3-20(4-2)16(14-9-6-5-7-10-14)13-19-18(22)15-11-8-12-17(15)21/h5-7,9-10,15-17,21H,3-4,8,11-13H2,1-2H3,(H,19,22). The van der Waals surface area contributed by atoms with Crippen LogP contribution < -0.4 is 5.32 Å². The summed E-state index contributed by atoms with van der Waals surface area (Å²) in [5, 5.41) is 12.9. The van der Waals surface area contributed by atoms with Crippen molar-refractivity contribution in [1.82, 2.24) is 10.2 Å². The smallest absolute Gasteiger partial charge is 0.225 e. The Kier molecular flexibility index (Phi) is 6.40. The van der Waals surface area contributed by atoms with Gasteiger partial charge >= 0.3 is 0 Å². The maximum absolute atomic E-state index is 12.3. The third-order valence-corrected chi connectivity index (χ3v) is 4.72. The van der Waals surface area contributed by atoms with Gasteiger partial charge in [0.1, 0.15) is 0 Å². The molecule has 0 aliphatic heterocycles. The second kappa shape index (κ2) is 8.30. The molecule has 0 heterocycles. The number of aliphatic hydroxyl groups is 1. The first kappa shape index (κ1) is 17.0. The molecule has 0 bridgehead atoms. The lowest BCUT2D eigenvalue weighted by atomic mass is 10.0. The Hall–Kier alpha value is -1.39. The zero-order valence-electron chi connectivity index (χ0n) is 13.7. The van der Waals surface area contributed by atoms with Gasteiger partial charge in [-0.15, -0.1) is 0 Å². The minimum absolute atomic E-state index is 0.00177. The zero-order valence-corrected chi connectivity index (χ0v) is 13.7. The van der Waals surface area contributed by atoms with E-state index in [0.717, 1.165) is 32.4 Å². The predicted octanol–water partition coefficient (Wildman–Crippen LogP) is 2.35. The number of likely N-dealkylation sites (N-methyl/N-ethyl adjacent to an activating group) is 1. The van der Waals surface area contributed by atoms with E-state index in [4.69, 9.17) is 0 Å². The fourth-order valence-electron chi connectivity index (χ4n) is 3.37. The van der Waals surface area contributed by atoms with Gasteiger partial charge in [-0.05, 0) is 37.9 Å². The Labute approximate surface area is 133 Å². The van der Waals surface area contributed by atoms with Gasteiger partial charge in [-0.3, -0.25) is 9.69 Å². The van der Waals surface area contributed by atoms with Crippen LogP contribution in [0, 0.1) is 5.92 Å². The SMILES string of the molecule is CCN(CC)C(CNC(=O)C1CCCC1O)c1ccccc1. The molecule has 1 amide bonds. The lowest BCUT2D eigenvalue weighted by molar-refractivity contribution is -0.127. The molecular weight excluding hydrogens is 276 g/mol. The molecule has 4 nitrogen and oxygen atoms in total. The number of benzene rings is 1. The Bertz CT molecular complexity index is 459. The van der Waals surface area contributed by atoms with Crippen molar-refractivity contribution in [3.05, 3.63) is 35.9 Å². The Morgan fingerprint density at radius 2 is 1.95 bits per heavy atom. The van der Waals surface area contributed by atoms with E-state index in [1.54, 1.807) is 0 Å². The summed E-state index contributed by atoms with van der Waals surface area (Å²) in [6, 6.07) is 10.5. The highest BCUT2D eigenvalue weighted by molar-refractivity contribution is 5.79. The lowest BCUT2D eigenvalue weighted by Crippen LogP contribution is -2.41. The van der Waals surface area contributed by atoms with Crippen molar-refractivity contribution in [3.8, 4) is 0 Å². The molecule has 1 aromatic carbocycles. The molecule has 2 rings (SSSR count). The van der Waals surface area contributed by atoms with E-state index in [0.29, 0.717) is 6.54 Å². The highest BCUT2D eigenvalue weighted by atomic mass is 16.3. The van der Waals surface area contributed by atoms with Crippen LogP contribution >= 0.6 is 0 Å². The highest BCUT2D eigenvalue weighted by Gasteiger charge is 2.31. The Morgan fingerprint density at radius 1 is 1.27 bits per heavy atom. The maximum atomic E-state index is 12.3. The molecule has 1 aromatic rings. The topological polar surface area (TPSA) is 52.6 Å². The van der Waals surface area contributed by atoms with E-state index in [9.17, 15) is 9.90 Å². The molecule has 0 radical (unpaired) electrons. The minimum Gasteiger partial charge on any atom is -0.392 e. The van der Waals surface area contributed by atoms with Crippen LogP contribution in [0.1, 0.15) is 44.7 Å². The number of hydrogen-bond donors (Lipinski definition) is 2. The van der Waals surface area contributed by atoms with Crippen molar-refractivity contribution in [2.75, 3.05) is 19.6 Å².